The molecule has 148 valence electrons. The van der Waals surface area contributed by atoms with Crippen LogP contribution in [0.25, 0.3) is 17.2 Å². The Morgan fingerprint density at radius 1 is 0.862 bits per heavy atom. The van der Waals surface area contributed by atoms with Gasteiger partial charge in [0.05, 0.1) is 0 Å². The van der Waals surface area contributed by atoms with E-state index < -0.39 is 0 Å². The first-order chi connectivity index (χ1) is 14.3. The molecule has 2 aromatic carbocycles. The number of nitrogens with zero attached hydrogens (tertiary/aromatic N) is 4. The van der Waals surface area contributed by atoms with Crippen molar-refractivity contribution in [2.24, 2.45) is 0 Å². The molecule has 4 rings (SSSR count). The van der Waals surface area contributed by atoms with Gasteiger partial charge in [-0.1, -0.05) is 48.6 Å². The van der Waals surface area contributed by atoms with Crippen molar-refractivity contribution in [2.45, 2.75) is 6.54 Å². The van der Waals surface area contributed by atoms with Crippen LogP contribution in [0.3, 0.4) is 0 Å². The summed E-state index contributed by atoms with van der Waals surface area (Å²) in [4.78, 5) is 13.0. The first-order valence-corrected chi connectivity index (χ1v) is 10.0. The molecule has 1 fully saturated rings. The summed E-state index contributed by atoms with van der Waals surface area (Å²) in [7, 11) is 0. The molecule has 5 heteroatoms. The largest absolute Gasteiger partial charge is 0.508 e. The fraction of sp³-hybridized carbons (Fsp3) is 0.250. The molecule has 0 amide bonds. The molecule has 1 aliphatic rings. The van der Waals surface area contributed by atoms with Crippen molar-refractivity contribution in [1.29, 1.82) is 0 Å². The molecule has 1 N–H and O–H groups in total. The van der Waals surface area contributed by atoms with E-state index in [1.165, 1.54) is 11.9 Å². The van der Waals surface area contributed by atoms with Crippen LogP contribution in [0.2, 0.25) is 0 Å². The lowest BCUT2D eigenvalue weighted by Gasteiger charge is -2.34. The fourth-order valence-electron chi connectivity index (χ4n) is 3.61. The summed E-state index contributed by atoms with van der Waals surface area (Å²) in [6, 6.07) is 16.1. The summed E-state index contributed by atoms with van der Waals surface area (Å²) in [5.74, 6) is 0.346. The SMILES string of the molecule is Oc1ccc(-c2cncnc2)cc1CN1CCN(C/C=C/c2ccccc2)CC1. The third-order valence-corrected chi connectivity index (χ3v) is 5.31. The lowest BCUT2D eigenvalue weighted by molar-refractivity contribution is 0.136. The van der Waals surface area contributed by atoms with E-state index in [0.29, 0.717) is 5.75 Å². The second-order valence-electron chi connectivity index (χ2n) is 7.36. The summed E-state index contributed by atoms with van der Waals surface area (Å²) in [5.41, 5.74) is 4.18. The molecular formula is C24H26N4O. The zero-order valence-electron chi connectivity index (χ0n) is 16.5. The third-order valence-electron chi connectivity index (χ3n) is 5.31. The van der Waals surface area contributed by atoms with Crippen molar-refractivity contribution in [3.8, 4) is 16.9 Å². The van der Waals surface area contributed by atoms with Gasteiger partial charge in [-0.2, -0.15) is 0 Å². The van der Waals surface area contributed by atoms with E-state index in [-0.39, 0.29) is 0 Å². The van der Waals surface area contributed by atoms with Crippen molar-refractivity contribution in [3.63, 3.8) is 0 Å². The van der Waals surface area contributed by atoms with Crippen LogP contribution < -0.4 is 0 Å². The summed E-state index contributed by atoms with van der Waals surface area (Å²) in [6.07, 6.45) is 9.54. The summed E-state index contributed by atoms with van der Waals surface area (Å²) < 4.78 is 0. The molecule has 29 heavy (non-hydrogen) atoms. The number of phenolic OH excluding ortho intramolecular Hbond substituents is 1. The monoisotopic (exact) mass is 386 g/mol. The van der Waals surface area contributed by atoms with Gasteiger partial charge in [0.1, 0.15) is 12.1 Å². The Balaban J connectivity index is 1.31. The van der Waals surface area contributed by atoms with Gasteiger partial charge in [0, 0.05) is 62.8 Å². The Hall–Kier alpha value is -3.02. The van der Waals surface area contributed by atoms with E-state index in [1.54, 1.807) is 18.5 Å². The van der Waals surface area contributed by atoms with Crippen LogP contribution in [0.5, 0.6) is 5.75 Å². The van der Waals surface area contributed by atoms with E-state index in [9.17, 15) is 5.11 Å². The maximum absolute atomic E-state index is 10.3. The highest BCUT2D eigenvalue weighted by atomic mass is 16.3. The highest BCUT2D eigenvalue weighted by Crippen LogP contribution is 2.26. The molecule has 0 bridgehead atoms. The molecule has 0 unspecified atom stereocenters. The molecular weight excluding hydrogens is 360 g/mol. The molecule has 5 nitrogen and oxygen atoms in total. The van der Waals surface area contributed by atoms with Crippen LogP contribution >= 0.6 is 0 Å². The van der Waals surface area contributed by atoms with Gasteiger partial charge in [0.25, 0.3) is 0 Å². The van der Waals surface area contributed by atoms with Gasteiger partial charge in [0.15, 0.2) is 0 Å². The second kappa shape index (κ2) is 9.45. The average Bonchev–Trinajstić information content (AvgIpc) is 2.78. The van der Waals surface area contributed by atoms with Crippen molar-refractivity contribution < 1.29 is 5.11 Å². The van der Waals surface area contributed by atoms with E-state index in [0.717, 1.165) is 56.0 Å². The van der Waals surface area contributed by atoms with Gasteiger partial charge in [-0.15, -0.1) is 0 Å². The van der Waals surface area contributed by atoms with Crippen molar-refractivity contribution in [3.05, 3.63) is 84.5 Å². The van der Waals surface area contributed by atoms with Crippen LogP contribution in [0.4, 0.5) is 0 Å². The van der Waals surface area contributed by atoms with Gasteiger partial charge < -0.3 is 5.11 Å². The third kappa shape index (κ3) is 5.28. The van der Waals surface area contributed by atoms with Gasteiger partial charge >= 0.3 is 0 Å². The first-order valence-electron chi connectivity index (χ1n) is 10.0. The quantitative estimate of drug-likeness (QED) is 0.700. The molecule has 1 aliphatic heterocycles. The Bertz CT molecular complexity index is 936. The van der Waals surface area contributed by atoms with E-state index in [2.05, 4.69) is 56.2 Å². The zero-order chi connectivity index (χ0) is 19.9. The second-order valence-corrected chi connectivity index (χ2v) is 7.36. The Kier molecular flexibility index (Phi) is 6.29. The normalized spacial score (nSPS) is 15.7. The number of aromatic nitrogens is 2. The van der Waals surface area contributed by atoms with Crippen LogP contribution in [0.15, 0.2) is 73.3 Å². The van der Waals surface area contributed by atoms with Gasteiger partial charge in [-0.25, -0.2) is 9.97 Å². The number of piperazine rings is 1. The maximum Gasteiger partial charge on any atom is 0.120 e. The van der Waals surface area contributed by atoms with Gasteiger partial charge in [-0.05, 0) is 23.3 Å². The number of hydrogen-bond donors (Lipinski definition) is 1. The molecule has 3 aromatic rings. The molecule has 0 spiro atoms. The van der Waals surface area contributed by atoms with Crippen molar-refractivity contribution >= 4 is 6.08 Å². The minimum Gasteiger partial charge on any atom is -0.508 e. The highest BCUT2D eigenvalue weighted by molar-refractivity contribution is 5.63. The lowest BCUT2D eigenvalue weighted by atomic mass is 10.0. The minimum atomic E-state index is 0.346. The molecule has 1 aromatic heterocycles. The van der Waals surface area contributed by atoms with Gasteiger partial charge in [0.2, 0.25) is 0 Å². The van der Waals surface area contributed by atoms with Crippen molar-refractivity contribution in [2.75, 3.05) is 32.7 Å². The minimum absolute atomic E-state index is 0.346. The molecule has 0 radical (unpaired) electrons. The predicted octanol–water partition coefficient (Wildman–Crippen LogP) is 3.68. The molecule has 2 heterocycles. The fourth-order valence-corrected chi connectivity index (χ4v) is 3.61. The number of aromatic hydroxyl groups is 1. The van der Waals surface area contributed by atoms with E-state index in [4.69, 9.17) is 0 Å². The molecule has 0 atom stereocenters. The summed E-state index contributed by atoms with van der Waals surface area (Å²) in [6.45, 7) is 5.78. The smallest absolute Gasteiger partial charge is 0.120 e. The molecule has 0 aliphatic carbocycles. The number of phenols is 1. The predicted molar refractivity (Wildman–Crippen MR) is 116 cm³/mol. The number of hydrogen-bond acceptors (Lipinski definition) is 5. The van der Waals surface area contributed by atoms with E-state index in [1.807, 2.05) is 18.2 Å². The van der Waals surface area contributed by atoms with Gasteiger partial charge in [-0.3, -0.25) is 9.80 Å². The standard InChI is InChI=1S/C24H26N4O/c29-24-9-8-21(23-16-25-19-26-17-23)15-22(24)18-28-13-11-27(12-14-28)10-4-7-20-5-2-1-3-6-20/h1-9,15-17,19,29H,10-14,18H2/b7-4+. The first kappa shape index (κ1) is 19.3. The lowest BCUT2D eigenvalue weighted by Crippen LogP contribution is -2.45. The number of rotatable bonds is 6. The zero-order valence-corrected chi connectivity index (χ0v) is 16.5. The Morgan fingerprint density at radius 3 is 2.34 bits per heavy atom. The maximum atomic E-state index is 10.3. The van der Waals surface area contributed by atoms with Crippen LogP contribution in [-0.2, 0) is 6.54 Å². The van der Waals surface area contributed by atoms with E-state index >= 15 is 0 Å². The van der Waals surface area contributed by atoms with Crippen LogP contribution in [0.1, 0.15) is 11.1 Å². The molecule has 1 saturated heterocycles. The topological polar surface area (TPSA) is 52.5 Å². The number of benzene rings is 2. The van der Waals surface area contributed by atoms with Crippen molar-refractivity contribution in [1.82, 2.24) is 19.8 Å². The summed E-state index contributed by atoms with van der Waals surface area (Å²) >= 11 is 0. The Labute approximate surface area is 172 Å². The summed E-state index contributed by atoms with van der Waals surface area (Å²) in [5, 5.41) is 10.3. The average molecular weight is 386 g/mol. The highest BCUT2D eigenvalue weighted by Gasteiger charge is 2.17. The Morgan fingerprint density at radius 2 is 1.59 bits per heavy atom. The van der Waals surface area contributed by atoms with Crippen LogP contribution in [-0.4, -0.2) is 57.6 Å². The molecule has 0 saturated carbocycles. The van der Waals surface area contributed by atoms with Crippen LogP contribution in [0, 0.1) is 0 Å².